The summed E-state index contributed by atoms with van der Waals surface area (Å²) in [6.45, 7) is 12.6. The standard InChI is InChI=1S/C14H29NO3/c1-6-8-17-9-7-10-18-11-13(16)15-12(2)14(3,4)5/h12H,6-11H2,1-5H3,(H,15,16). The first-order valence-corrected chi connectivity index (χ1v) is 6.82. The Morgan fingerprint density at radius 1 is 1.17 bits per heavy atom. The molecule has 1 N–H and O–H groups in total. The van der Waals surface area contributed by atoms with Crippen molar-refractivity contribution in [3.63, 3.8) is 0 Å². The van der Waals surface area contributed by atoms with Crippen LogP contribution in [0.4, 0.5) is 0 Å². The molecule has 0 aromatic carbocycles. The number of hydrogen-bond acceptors (Lipinski definition) is 3. The van der Waals surface area contributed by atoms with Gasteiger partial charge in [-0.05, 0) is 25.2 Å². The molecule has 0 saturated heterocycles. The molecule has 1 atom stereocenters. The molecular formula is C14H29NO3. The van der Waals surface area contributed by atoms with E-state index in [1.807, 2.05) is 6.92 Å². The van der Waals surface area contributed by atoms with E-state index >= 15 is 0 Å². The van der Waals surface area contributed by atoms with E-state index in [0.29, 0.717) is 13.2 Å². The van der Waals surface area contributed by atoms with E-state index in [1.165, 1.54) is 0 Å². The molecular weight excluding hydrogens is 230 g/mol. The molecule has 4 nitrogen and oxygen atoms in total. The minimum atomic E-state index is -0.0492. The minimum Gasteiger partial charge on any atom is -0.381 e. The van der Waals surface area contributed by atoms with Crippen molar-refractivity contribution in [3.05, 3.63) is 0 Å². The zero-order valence-corrected chi connectivity index (χ0v) is 12.5. The van der Waals surface area contributed by atoms with Gasteiger partial charge in [-0.1, -0.05) is 27.7 Å². The van der Waals surface area contributed by atoms with E-state index in [2.05, 4.69) is 33.0 Å². The summed E-state index contributed by atoms with van der Waals surface area (Å²) in [6, 6.07) is 0.140. The number of rotatable bonds is 9. The highest BCUT2D eigenvalue weighted by Gasteiger charge is 2.21. The Kier molecular flexibility index (Phi) is 9.02. The van der Waals surface area contributed by atoms with E-state index in [4.69, 9.17) is 9.47 Å². The smallest absolute Gasteiger partial charge is 0.246 e. The fourth-order valence-electron chi connectivity index (χ4n) is 1.17. The van der Waals surface area contributed by atoms with Gasteiger partial charge in [-0.2, -0.15) is 0 Å². The van der Waals surface area contributed by atoms with Gasteiger partial charge >= 0.3 is 0 Å². The molecule has 0 radical (unpaired) electrons. The number of carbonyl (C=O) groups excluding carboxylic acids is 1. The van der Waals surface area contributed by atoms with Gasteiger partial charge in [-0.15, -0.1) is 0 Å². The van der Waals surface area contributed by atoms with Crippen LogP contribution in [0, 0.1) is 5.41 Å². The maximum absolute atomic E-state index is 11.6. The van der Waals surface area contributed by atoms with Crippen LogP contribution in [0.25, 0.3) is 0 Å². The van der Waals surface area contributed by atoms with Crippen molar-refractivity contribution in [1.29, 1.82) is 0 Å². The molecule has 0 spiro atoms. The summed E-state index contributed by atoms with van der Waals surface area (Å²) in [4.78, 5) is 11.6. The van der Waals surface area contributed by atoms with Gasteiger partial charge in [0.05, 0.1) is 0 Å². The Labute approximate surface area is 111 Å². The lowest BCUT2D eigenvalue weighted by Gasteiger charge is -2.28. The molecule has 18 heavy (non-hydrogen) atoms. The third-order valence-corrected chi connectivity index (χ3v) is 2.84. The first kappa shape index (κ1) is 17.4. The number of amides is 1. The Balaban J connectivity index is 3.48. The van der Waals surface area contributed by atoms with Crippen molar-refractivity contribution < 1.29 is 14.3 Å². The predicted molar refractivity (Wildman–Crippen MR) is 73.6 cm³/mol. The molecule has 4 heteroatoms. The summed E-state index contributed by atoms with van der Waals surface area (Å²) < 4.78 is 10.6. The van der Waals surface area contributed by atoms with Crippen LogP contribution in [0.3, 0.4) is 0 Å². The summed E-state index contributed by atoms with van der Waals surface area (Å²) >= 11 is 0. The summed E-state index contributed by atoms with van der Waals surface area (Å²) in [7, 11) is 0. The lowest BCUT2D eigenvalue weighted by atomic mass is 9.88. The van der Waals surface area contributed by atoms with E-state index in [1.54, 1.807) is 0 Å². The zero-order chi connectivity index (χ0) is 14.0. The second-order valence-electron chi connectivity index (χ2n) is 5.67. The van der Waals surface area contributed by atoms with Gasteiger partial charge in [-0.3, -0.25) is 4.79 Å². The topological polar surface area (TPSA) is 47.6 Å². The molecule has 0 bridgehead atoms. The quantitative estimate of drug-likeness (QED) is 0.647. The second-order valence-corrected chi connectivity index (χ2v) is 5.67. The SMILES string of the molecule is CCCOCCCOCC(=O)NC(C)C(C)(C)C. The van der Waals surface area contributed by atoms with Gasteiger partial charge in [0.25, 0.3) is 0 Å². The molecule has 1 amide bonds. The van der Waals surface area contributed by atoms with Crippen molar-refractivity contribution in [1.82, 2.24) is 5.32 Å². The van der Waals surface area contributed by atoms with Gasteiger partial charge in [0.1, 0.15) is 6.61 Å². The molecule has 0 aromatic rings. The molecule has 0 fully saturated rings. The highest BCUT2D eigenvalue weighted by molar-refractivity contribution is 5.77. The maximum Gasteiger partial charge on any atom is 0.246 e. The molecule has 0 rings (SSSR count). The van der Waals surface area contributed by atoms with Crippen LogP contribution < -0.4 is 5.32 Å². The monoisotopic (exact) mass is 259 g/mol. The van der Waals surface area contributed by atoms with Crippen molar-refractivity contribution in [2.45, 2.75) is 53.5 Å². The van der Waals surface area contributed by atoms with Crippen molar-refractivity contribution in [3.8, 4) is 0 Å². The fraction of sp³-hybridized carbons (Fsp3) is 0.929. The van der Waals surface area contributed by atoms with Crippen molar-refractivity contribution in [2.24, 2.45) is 5.41 Å². The first-order valence-electron chi connectivity index (χ1n) is 6.82. The van der Waals surface area contributed by atoms with Crippen molar-refractivity contribution >= 4 is 5.91 Å². The Hall–Kier alpha value is -0.610. The fourth-order valence-corrected chi connectivity index (χ4v) is 1.17. The normalized spacial score (nSPS) is 13.4. The molecule has 0 aromatic heterocycles. The van der Waals surface area contributed by atoms with Crippen LogP contribution in [0.2, 0.25) is 0 Å². The summed E-state index contributed by atoms with van der Waals surface area (Å²) in [6.07, 6.45) is 1.87. The third kappa shape index (κ3) is 9.42. The largest absolute Gasteiger partial charge is 0.381 e. The first-order chi connectivity index (χ1) is 8.38. The Morgan fingerprint density at radius 2 is 1.78 bits per heavy atom. The maximum atomic E-state index is 11.6. The van der Waals surface area contributed by atoms with E-state index < -0.39 is 0 Å². The van der Waals surface area contributed by atoms with E-state index in [9.17, 15) is 4.79 Å². The highest BCUT2D eigenvalue weighted by Crippen LogP contribution is 2.18. The molecule has 0 saturated carbocycles. The van der Waals surface area contributed by atoms with Crippen LogP contribution in [-0.4, -0.2) is 38.4 Å². The number of ether oxygens (including phenoxy) is 2. The molecule has 108 valence electrons. The average molecular weight is 259 g/mol. The summed E-state index contributed by atoms with van der Waals surface area (Å²) in [5, 5.41) is 2.94. The van der Waals surface area contributed by atoms with Gasteiger partial charge in [0.15, 0.2) is 0 Å². The van der Waals surface area contributed by atoms with Crippen LogP contribution in [0.5, 0.6) is 0 Å². The van der Waals surface area contributed by atoms with Crippen LogP contribution in [0.15, 0.2) is 0 Å². The lowest BCUT2D eigenvalue weighted by molar-refractivity contribution is -0.127. The lowest BCUT2D eigenvalue weighted by Crippen LogP contribution is -2.43. The van der Waals surface area contributed by atoms with Gasteiger partial charge < -0.3 is 14.8 Å². The van der Waals surface area contributed by atoms with Gasteiger partial charge in [0, 0.05) is 25.9 Å². The molecule has 0 aliphatic carbocycles. The predicted octanol–water partition coefficient (Wildman–Crippen LogP) is 2.37. The number of carbonyl (C=O) groups is 1. The molecule has 0 aliphatic heterocycles. The summed E-state index contributed by atoms with van der Waals surface area (Å²) in [5.74, 6) is -0.0492. The molecule has 0 aliphatic rings. The Morgan fingerprint density at radius 3 is 2.33 bits per heavy atom. The van der Waals surface area contributed by atoms with Crippen molar-refractivity contribution in [2.75, 3.05) is 26.4 Å². The summed E-state index contributed by atoms with van der Waals surface area (Å²) in [5.41, 5.74) is 0.0731. The van der Waals surface area contributed by atoms with Crippen LogP contribution in [-0.2, 0) is 14.3 Å². The van der Waals surface area contributed by atoms with E-state index in [0.717, 1.165) is 19.4 Å². The zero-order valence-electron chi connectivity index (χ0n) is 12.5. The van der Waals surface area contributed by atoms with Crippen LogP contribution in [0.1, 0.15) is 47.5 Å². The molecule has 0 heterocycles. The third-order valence-electron chi connectivity index (χ3n) is 2.84. The average Bonchev–Trinajstić information content (AvgIpc) is 2.26. The second kappa shape index (κ2) is 9.34. The highest BCUT2D eigenvalue weighted by atomic mass is 16.5. The molecule has 1 unspecified atom stereocenters. The van der Waals surface area contributed by atoms with E-state index in [-0.39, 0.29) is 24.0 Å². The van der Waals surface area contributed by atoms with Gasteiger partial charge in [0.2, 0.25) is 5.91 Å². The minimum absolute atomic E-state index is 0.0492. The number of hydrogen-bond donors (Lipinski definition) is 1. The van der Waals surface area contributed by atoms with Crippen LogP contribution >= 0.6 is 0 Å². The Bertz CT molecular complexity index is 224. The number of nitrogens with one attached hydrogen (secondary N) is 1. The van der Waals surface area contributed by atoms with Gasteiger partial charge in [-0.25, -0.2) is 0 Å².